The van der Waals surface area contributed by atoms with Crippen LogP contribution in [-0.2, 0) is 13.0 Å². The van der Waals surface area contributed by atoms with E-state index in [0.717, 1.165) is 29.9 Å². The Labute approximate surface area is 154 Å². The molecule has 0 amide bonds. The summed E-state index contributed by atoms with van der Waals surface area (Å²) in [4.78, 5) is 7.30. The molecule has 2 aromatic carbocycles. The SMILES string of the molecule is Cc1cccc(CN(CCN)C(=S)Cc2ccc3cnccc3c2)c1. The molecule has 3 nitrogen and oxygen atoms in total. The quantitative estimate of drug-likeness (QED) is 0.686. The molecule has 0 spiro atoms. The van der Waals surface area contributed by atoms with Gasteiger partial charge in [-0.3, -0.25) is 4.98 Å². The Hall–Kier alpha value is -2.30. The molecule has 0 bridgehead atoms. The maximum Gasteiger partial charge on any atom is 0.0827 e. The summed E-state index contributed by atoms with van der Waals surface area (Å²) in [7, 11) is 0. The van der Waals surface area contributed by atoms with Crippen molar-refractivity contribution in [3.63, 3.8) is 0 Å². The van der Waals surface area contributed by atoms with E-state index in [4.69, 9.17) is 18.0 Å². The van der Waals surface area contributed by atoms with E-state index >= 15 is 0 Å². The van der Waals surface area contributed by atoms with E-state index in [1.54, 1.807) is 0 Å². The fourth-order valence-corrected chi connectivity index (χ4v) is 3.33. The zero-order chi connectivity index (χ0) is 17.6. The van der Waals surface area contributed by atoms with E-state index in [2.05, 4.69) is 59.3 Å². The second-order valence-corrected chi connectivity index (χ2v) is 6.80. The third-order valence-electron chi connectivity index (χ3n) is 4.27. The molecule has 0 saturated carbocycles. The first kappa shape index (κ1) is 17.5. The van der Waals surface area contributed by atoms with Crippen molar-refractivity contribution < 1.29 is 0 Å². The Balaban J connectivity index is 1.75. The van der Waals surface area contributed by atoms with Gasteiger partial charge >= 0.3 is 0 Å². The summed E-state index contributed by atoms with van der Waals surface area (Å²) in [6.07, 6.45) is 4.46. The zero-order valence-electron chi connectivity index (χ0n) is 14.5. The van der Waals surface area contributed by atoms with Crippen LogP contribution in [0.1, 0.15) is 16.7 Å². The van der Waals surface area contributed by atoms with Gasteiger partial charge in [0.25, 0.3) is 0 Å². The van der Waals surface area contributed by atoms with Crippen LogP contribution in [0.3, 0.4) is 0 Å². The van der Waals surface area contributed by atoms with Crippen LogP contribution in [0, 0.1) is 6.92 Å². The number of nitrogens with two attached hydrogens (primary N) is 1. The van der Waals surface area contributed by atoms with Crippen molar-refractivity contribution in [1.82, 2.24) is 9.88 Å². The van der Waals surface area contributed by atoms with Gasteiger partial charge in [-0.1, -0.05) is 60.2 Å². The molecule has 0 aliphatic heterocycles. The fourth-order valence-electron chi connectivity index (χ4n) is 3.01. The summed E-state index contributed by atoms with van der Waals surface area (Å²) >= 11 is 5.74. The van der Waals surface area contributed by atoms with Crippen LogP contribution in [0.15, 0.2) is 60.9 Å². The van der Waals surface area contributed by atoms with Gasteiger partial charge in [0.05, 0.1) is 4.99 Å². The minimum absolute atomic E-state index is 0.593. The number of rotatable bonds is 6. The molecular weight excluding hydrogens is 326 g/mol. The van der Waals surface area contributed by atoms with E-state index < -0.39 is 0 Å². The number of thiocarbonyl (C=S) groups is 1. The number of benzene rings is 2. The first-order valence-corrected chi connectivity index (χ1v) is 8.92. The van der Waals surface area contributed by atoms with E-state index in [9.17, 15) is 0 Å². The van der Waals surface area contributed by atoms with Gasteiger partial charge in [-0.15, -0.1) is 0 Å². The monoisotopic (exact) mass is 349 g/mol. The lowest BCUT2D eigenvalue weighted by molar-refractivity contribution is 0.424. The second kappa shape index (κ2) is 8.19. The summed E-state index contributed by atoms with van der Waals surface area (Å²) in [5, 5.41) is 2.34. The predicted octanol–water partition coefficient (Wildman–Crippen LogP) is 3.87. The maximum atomic E-state index is 5.81. The largest absolute Gasteiger partial charge is 0.360 e. The van der Waals surface area contributed by atoms with E-state index in [1.165, 1.54) is 22.1 Å². The van der Waals surface area contributed by atoms with Gasteiger partial charge in [0, 0.05) is 43.8 Å². The van der Waals surface area contributed by atoms with Crippen molar-refractivity contribution in [1.29, 1.82) is 0 Å². The first-order valence-electron chi connectivity index (χ1n) is 8.52. The first-order chi connectivity index (χ1) is 12.2. The van der Waals surface area contributed by atoms with E-state index in [0.29, 0.717) is 6.54 Å². The van der Waals surface area contributed by atoms with Crippen LogP contribution >= 0.6 is 12.2 Å². The molecule has 3 rings (SSSR count). The molecule has 128 valence electrons. The normalized spacial score (nSPS) is 10.8. The summed E-state index contributed by atoms with van der Waals surface area (Å²) < 4.78 is 0. The average molecular weight is 350 g/mol. The summed E-state index contributed by atoms with van der Waals surface area (Å²) in [6.45, 7) is 4.27. The zero-order valence-corrected chi connectivity index (χ0v) is 15.3. The number of hydrogen-bond donors (Lipinski definition) is 1. The van der Waals surface area contributed by atoms with Crippen molar-refractivity contribution in [2.45, 2.75) is 19.9 Å². The topological polar surface area (TPSA) is 42.1 Å². The number of hydrogen-bond acceptors (Lipinski definition) is 3. The Morgan fingerprint density at radius 3 is 2.76 bits per heavy atom. The van der Waals surface area contributed by atoms with Crippen molar-refractivity contribution in [3.8, 4) is 0 Å². The van der Waals surface area contributed by atoms with Gasteiger partial charge in [-0.2, -0.15) is 0 Å². The minimum Gasteiger partial charge on any atom is -0.360 e. The Bertz CT molecular complexity index is 876. The highest BCUT2D eigenvalue weighted by Gasteiger charge is 2.11. The van der Waals surface area contributed by atoms with E-state index in [1.807, 2.05) is 18.5 Å². The van der Waals surface area contributed by atoms with Crippen LogP contribution in [0.2, 0.25) is 0 Å². The molecule has 25 heavy (non-hydrogen) atoms. The molecule has 0 aliphatic carbocycles. The molecule has 0 saturated heterocycles. The van der Waals surface area contributed by atoms with Gasteiger partial charge in [-0.25, -0.2) is 0 Å². The number of fused-ring (bicyclic) bond motifs is 1. The van der Waals surface area contributed by atoms with Gasteiger partial charge < -0.3 is 10.6 Å². The Kier molecular flexibility index (Phi) is 5.74. The highest BCUT2D eigenvalue weighted by atomic mass is 32.1. The van der Waals surface area contributed by atoms with Crippen LogP contribution in [-0.4, -0.2) is 28.0 Å². The summed E-state index contributed by atoms with van der Waals surface area (Å²) in [5.41, 5.74) is 9.56. The van der Waals surface area contributed by atoms with Gasteiger partial charge in [0.2, 0.25) is 0 Å². The molecule has 0 atom stereocenters. The van der Waals surface area contributed by atoms with Crippen LogP contribution in [0.5, 0.6) is 0 Å². The molecule has 1 heterocycles. The van der Waals surface area contributed by atoms with Crippen molar-refractivity contribution in [3.05, 3.63) is 77.6 Å². The molecule has 0 radical (unpaired) electrons. The Morgan fingerprint density at radius 1 is 1.08 bits per heavy atom. The molecule has 0 aliphatic rings. The molecule has 3 aromatic rings. The smallest absolute Gasteiger partial charge is 0.0827 e. The van der Waals surface area contributed by atoms with Gasteiger partial charge in [0.15, 0.2) is 0 Å². The van der Waals surface area contributed by atoms with E-state index in [-0.39, 0.29) is 0 Å². The van der Waals surface area contributed by atoms with Crippen molar-refractivity contribution >= 4 is 28.0 Å². The van der Waals surface area contributed by atoms with Crippen LogP contribution < -0.4 is 5.73 Å². The summed E-state index contributed by atoms with van der Waals surface area (Å²) in [5.74, 6) is 0. The molecule has 2 N–H and O–H groups in total. The van der Waals surface area contributed by atoms with Crippen LogP contribution in [0.25, 0.3) is 10.8 Å². The number of pyridine rings is 1. The highest BCUT2D eigenvalue weighted by molar-refractivity contribution is 7.80. The van der Waals surface area contributed by atoms with Crippen LogP contribution in [0.4, 0.5) is 0 Å². The highest BCUT2D eigenvalue weighted by Crippen LogP contribution is 2.17. The lowest BCUT2D eigenvalue weighted by Gasteiger charge is -2.25. The average Bonchev–Trinajstić information content (AvgIpc) is 2.61. The third kappa shape index (κ3) is 4.62. The Morgan fingerprint density at radius 2 is 1.96 bits per heavy atom. The molecule has 0 unspecified atom stereocenters. The molecule has 1 aromatic heterocycles. The van der Waals surface area contributed by atoms with Gasteiger partial charge in [-0.05, 0) is 29.5 Å². The lowest BCUT2D eigenvalue weighted by atomic mass is 10.1. The summed E-state index contributed by atoms with van der Waals surface area (Å²) in [6, 6.07) is 17.0. The molecule has 4 heteroatoms. The number of aryl methyl sites for hydroxylation is 1. The van der Waals surface area contributed by atoms with Gasteiger partial charge in [0.1, 0.15) is 0 Å². The lowest BCUT2D eigenvalue weighted by Crippen LogP contribution is -2.34. The molecule has 0 fully saturated rings. The molecular formula is C21H23N3S. The number of nitrogens with zero attached hydrogens (tertiary/aromatic N) is 2. The fraction of sp³-hybridized carbons (Fsp3) is 0.238. The minimum atomic E-state index is 0.593. The number of aromatic nitrogens is 1. The van der Waals surface area contributed by atoms with Crippen molar-refractivity contribution in [2.75, 3.05) is 13.1 Å². The standard InChI is InChI=1S/C21H23N3S/c1-16-3-2-4-18(11-16)15-24(10-8-22)21(25)13-17-5-6-20-14-23-9-7-19(20)12-17/h2-7,9,11-12,14H,8,10,13,15,22H2,1H3. The maximum absolute atomic E-state index is 5.81. The predicted molar refractivity (Wildman–Crippen MR) is 109 cm³/mol. The second-order valence-electron chi connectivity index (χ2n) is 6.33. The van der Waals surface area contributed by atoms with Crippen molar-refractivity contribution in [2.24, 2.45) is 5.73 Å². The third-order valence-corrected chi connectivity index (χ3v) is 4.67.